The maximum absolute atomic E-state index is 13.0. The van der Waals surface area contributed by atoms with Gasteiger partial charge in [0.2, 0.25) is 0 Å². The number of carbonyl (C=O) groups excluding carboxylic acids is 1. The van der Waals surface area contributed by atoms with Gasteiger partial charge in [-0.05, 0) is 23.8 Å². The van der Waals surface area contributed by atoms with Gasteiger partial charge in [0.25, 0.3) is 5.91 Å². The molecule has 0 saturated carbocycles. The van der Waals surface area contributed by atoms with Crippen LogP contribution >= 0.6 is 23.4 Å². The number of nitrogens with zero attached hydrogens (tertiary/aromatic N) is 4. The summed E-state index contributed by atoms with van der Waals surface area (Å²) in [6.07, 6.45) is -3.58. The molecule has 3 rings (SSSR count). The minimum atomic E-state index is -4.52. The van der Waals surface area contributed by atoms with Crippen LogP contribution in [0, 0.1) is 0 Å². The number of amides is 1. The number of benzene rings is 1. The van der Waals surface area contributed by atoms with E-state index in [2.05, 4.69) is 10.2 Å². The van der Waals surface area contributed by atoms with Gasteiger partial charge in [-0.1, -0.05) is 35.5 Å². The molecule has 0 fully saturated rings. The summed E-state index contributed by atoms with van der Waals surface area (Å²) in [5.41, 5.74) is 0.751. The van der Waals surface area contributed by atoms with Crippen LogP contribution in [0.2, 0.25) is 5.02 Å². The molecule has 1 aromatic carbocycles. The van der Waals surface area contributed by atoms with Gasteiger partial charge in [0.15, 0.2) is 10.8 Å². The predicted molar refractivity (Wildman–Crippen MR) is 97.0 cm³/mol. The van der Waals surface area contributed by atoms with Crippen molar-refractivity contribution in [3.05, 3.63) is 58.2 Å². The molecular formula is C17H14ClF3N4OS. The molecule has 142 valence electrons. The molecule has 27 heavy (non-hydrogen) atoms. The maximum atomic E-state index is 13.0. The van der Waals surface area contributed by atoms with Crippen molar-refractivity contribution >= 4 is 34.9 Å². The Morgan fingerprint density at radius 1 is 1.22 bits per heavy atom. The first-order chi connectivity index (χ1) is 12.7. The Hall–Kier alpha value is -2.26. The quantitative estimate of drug-likeness (QED) is 0.594. The third-order valence-corrected chi connectivity index (χ3v) is 5.02. The first-order valence-corrected chi connectivity index (χ1v) is 9.08. The maximum Gasteiger partial charge on any atom is 0.417 e. The molecular weight excluding hydrogens is 401 g/mol. The smallest absolute Gasteiger partial charge is 0.345 e. The third kappa shape index (κ3) is 4.19. The summed E-state index contributed by atoms with van der Waals surface area (Å²) in [5.74, 6) is 0.345. The zero-order chi connectivity index (χ0) is 19.8. The Morgan fingerprint density at radius 3 is 2.48 bits per heavy atom. The Labute approximate surface area is 162 Å². The third-order valence-electron chi connectivity index (χ3n) is 3.73. The van der Waals surface area contributed by atoms with Gasteiger partial charge in [0, 0.05) is 31.6 Å². The average molecular weight is 415 g/mol. The largest absolute Gasteiger partial charge is 0.417 e. The lowest BCUT2D eigenvalue weighted by Crippen LogP contribution is -2.21. The van der Waals surface area contributed by atoms with Gasteiger partial charge in [-0.25, -0.2) is 0 Å². The zero-order valence-corrected chi connectivity index (χ0v) is 15.9. The van der Waals surface area contributed by atoms with E-state index in [4.69, 9.17) is 11.6 Å². The molecule has 2 heterocycles. The lowest BCUT2D eigenvalue weighted by Gasteiger charge is -2.10. The fourth-order valence-corrected chi connectivity index (χ4v) is 3.45. The molecule has 0 aliphatic rings. The fourth-order valence-electron chi connectivity index (χ4n) is 2.34. The second-order valence-corrected chi connectivity index (χ2v) is 7.29. The summed E-state index contributed by atoms with van der Waals surface area (Å²) in [6.45, 7) is 0. The van der Waals surface area contributed by atoms with Gasteiger partial charge in [-0.2, -0.15) is 13.2 Å². The van der Waals surface area contributed by atoms with Crippen molar-refractivity contribution in [3.63, 3.8) is 0 Å². The van der Waals surface area contributed by atoms with Gasteiger partial charge < -0.3 is 4.90 Å². The van der Waals surface area contributed by atoms with Crippen molar-refractivity contribution < 1.29 is 18.0 Å². The highest BCUT2D eigenvalue weighted by Crippen LogP contribution is 2.33. The van der Waals surface area contributed by atoms with Gasteiger partial charge in [0.1, 0.15) is 0 Å². The molecule has 2 aromatic heterocycles. The van der Waals surface area contributed by atoms with E-state index in [0.29, 0.717) is 16.5 Å². The highest BCUT2D eigenvalue weighted by molar-refractivity contribution is 7.98. The minimum Gasteiger partial charge on any atom is -0.345 e. The number of hydrogen-bond acceptors (Lipinski definition) is 4. The van der Waals surface area contributed by atoms with Crippen LogP contribution in [0.5, 0.6) is 0 Å². The van der Waals surface area contributed by atoms with Crippen LogP contribution in [0.25, 0.3) is 5.65 Å². The average Bonchev–Trinajstić information content (AvgIpc) is 3.02. The van der Waals surface area contributed by atoms with Crippen LogP contribution in [0.1, 0.15) is 21.5 Å². The van der Waals surface area contributed by atoms with Crippen molar-refractivity contribution in [2.75, 3.05) is 14.1 Å². The zero-order valence-electron chi connectivity index (χ0n) is 14.3. The highest BCUT2D eigenvalue weighted by atomic mass is 35.5. The lowest BCUT2D eigenvalue weighted by molar-refractivity contribution is -0.137. The molecule has 5 nitrogen and oxygen atoms in total. The number of halogens is 4. The number of alkyl halides is 3. The highest BCUT2D eigenvalue weighted by Gasteiger charge is 2.32. The van der Waals surface area contributed by atoms with Crippen molar-refractivity contribution in [1.82, 2.24) is 19.5 Å². The van der Waals surface area contributed by atoms with Gasteiger partial charge >= 0.3 is 6.18 Å². The first-order valence-electron chi connectivity index (χ1n) is 7.71. The molecule has 0 radical (unpaired) electrons. The van der Waals surface area contributed by atoms with E-state index in [1.807, 2.05) is 0 Å². The molecule has 0 N–H and O–H groups in total. The monoisotopic (exact) mass is 414 g/mol. The van der Waals surface area contributed by atoms with E-state index in [-0.39, 0.29) is 16.6 Å². The molecule has 0 spiro atoms. The topological polar surface area (TPSA) is 50.5 Å². The molecule has 0 aliphatic heterocycles. The van der Waals surface area contributed by atoms with E-state index in [1.165, 1.54) is 21.1 Å². The van der Waals surface area contributed by atoms with Gasteiger partial charge in [-0.15, -0.1) is 10.2 Å². The number of aromatic nitrogens is 3. The van der Waals surface area contributed by atoms with Crippen LogP contribution < -0.4 is 0 Å². The minimum absolute atomic E-state index is 0.105. The number of rotatable bonds is 4. The lowest BCUT2D eigenvalue weighted by atomic mass is 10.1. The molecule has 0 bridgehead atoms. The first kappa shape index (κ1) is 19.5. The second kappa shape index (κ2) is 7.40. The van der Waals surface area contributed by atoms with E-state index < -0.39 is 11.7 Å². The predicted octanol–water partition coefficient (Wildman–Crippen LogP) is 4.40. The summed E-state index contributed by atoms with van der Waals surface area (Å²) in [4.78, 5) is 13.4. The van der Waals surface area contributed by atoms with Crippen LogP contribution in [0.3, 0.4) is 0 Å². The summed E-state index contributed by atoms with van der Waals surface area (Å²) < 4.78 is 40.2. The number of thioether (sulfide) groups is 1. The molecule has 0 unspecified atom stereocenters. The van der Waals surface area contributed by atoms with Crippen LogP contribution in [0.4, 0.5) is 13.2 Å². The number of pyridine rings is 1. The standard InChI is InChI=1S/C17H14ClF3N4OS/c1-24(2)15(26)11-5-3-10(4-6-11)9-27-16-23-22-14-13(18)7-12(8-25(14)16)17(19,20)21/h3-8H,9H2,1-2H3. The second-order valence-electron chi connectivity index (χ2n) is 5.94. The number of fused-ring (bicyclic) bond motifs is 1. The van der Waals surface area contributed by atoms with Crippen LogP contribution in [0.15, 0.2) is 41.7 Å². The van der Waals surface area contributed by atoms with Crippen LogP contribution in [-0.2, 0) is 11.9 Å². The summed E-state index contributed by atoms with van der Waals surface area (Å²) in [6, 6.07) is 7.83. The molecule has 10 heteroatoms. The van der Waals surface area contributed by atoms with Crippen molar-refractivity contribution in [3.8, 4) is 0 Å². The van der Waals surface area contributed by atoms with E-state index >= 15 is 0 Å². The normalized spacial score (nSPS) is 11.8. The molecule has 0 saturated heterocycles. The Balaban J connectivity index is 1.81. The summed E-state index contributed by atoms with van der Waals surface area (Å²) in [7, 11) is 3.34. The van der Waals surface area contributed by atoms with Crippen molar-refractivity contribution in [2.24, 2.45) is 0 Å². The Morgan fingerprint density at radius 2 is 1.89 bits per heavy atom. The Kier molecular flexibility index (Phi) is 5.34. The van der Waals surface area contributed by atoms with Gasteiger partial charge in [0.05, 0.1) is 10.6 Å². The SMILES string of the molecule is CN(C)C(=O)c1ccc(CSc2nnc3c(Cl)cc(C(F)(F)F)cn23)cc1. The van der Waals surface area contributed by atoms with Crippen molar-refractivity contribution in [2.45, 2.75) is 17.1 Å². The molecule has 0 aliphatic carbocycles. The van der Waals surface area contributed by atoms with E-state index in [1.54, 1.807) is 38.4 Å². The molecule has 1 amide bonds. The summed E-state index contributed by atoms with van der Waals surface area (Å²) >= 11 is 7.13. The summed E-state index contributed by atoms with van der Waals surface area (Å²) in [5, 5.41) is 7.96. The van der Waals surface area contributed by atoms with Crippen LogP contribution in [-0.4, -0.2) is 39.5 Å². The molecule has 3 aromatic rings. The Bertz CT molecular complexity index is 986. The van der Waals surface area contributed by atoms with Crippen molar-refractivity contribution in [1.29, 1.82) is 0 Å². The number of hydrogen-bond donors (Lipinski definition) is 0. The number of carbonyl (C=O) groups is 1. The fraction of sp³-hybridized carbons (Fsp3) is 0.235. The van der Waals surface area contributed by atoms with E-state index in [0.717, 1.165) is 17.8 Å². The molecule has 0 atom stereocenters. The van der Waals surface area contributed by atoms with Gasteiger partial charge in [-0.3, -0.25) is 9.20 Å². The van der Waals surface area contributed by atoms with E-state index in [9.17, 15) is 18.0 Å².